The van der Waals surface area contributed by atoms with Crippen LogP contribution in [-0.4, -0.2) is 27.9 Å². The van der Waals surface area contributed by atoms with Crippen molar-refractivity contribution >= 4 is 22.7 Å². The van der Waals surface area contributed by atoms with Crippen molar-refractivity contribution < 1.29 is 14.6 Å². The molecule has 7 nitrogen and oxygen atoms in total. The van der Waals surface area contributed by atoms with E-state index in [0.717, 1.165) is 5.56 Å². The lowest BCUT2D eigenvalue weighted by atomic mass is 10.2. The van der Waals surface area contributed by atoms with Crippen LogP contribution in [0.1, 0.15) is 5.56 Å². The molecule has 7 heteroatoms. The largest absolute Gasteiger partial charge is 0.496 e. The van der Waals surface area contributed by atoms with Crippen LogP contribution >= 0.6 is 0 Å². The molecule has 0 radical (unpaired) electrons. The van der Waals surface area contributed by atoms with Crippen LogP contribution in [0.2, 0.25) is 0 Å². The van der Waals surface area contributed by atoms with Crippen molar-refractivity contribution in [2.75, 3.05) is 12.4 Å². The van der Waals surface area contributed by atoms with E-state index in [1.54, 1.807) is 19.2 Å². The van der Waals surface area contributed by atoms with E-state index in [2.05, 4.69) is 10.3 Å². The van der Waals surface area contributed by atoms with E-state index in [9.17, 15) is 9.59 Å². The van der Waals surface area contributed by atoms with E-state index in [-0.39, 0.29) is 23.2 Å². The van der Waals surface area contributed by atoms with Crippen LogP contribution < -0.4 is 15.6 Å². The number of nitrogens with one attached hydrogen (secondary N) is 1. The van der Waals surface area contributed by atoms with E-state index >= 15 is 0 Å². The first-order valence-corrected chi connectivity index (χ1v) is 7.20. The Kier molecular flexibility index (Phi) is 4.15. The first-order valence-electron chi connectivity index (χ1n) is 7.20. The van der Waals surface area contributed by atoms with Crippen LogP contribution in [0.3, 0.4) is 0 Å². The van der Waals surface area contributed by atoms with Gasteiger partial charge in [0, 0.05) is 5.56 Å². The number of anilines is 1. The fraction of sp³-hybridized carbons (Fsp3) is 0.118. The fourth-order valence-corrected chi connectivity index (χ4v) is 2.55. The van der Waals surface area contributed by atoms with Gasteiger partial charge in [-0.3, -0.25) is 14.7 Å². The monoisotopic (exact) mass is 325 g/mol. The number of hydrogen-bond donors (Lipinski definition) is 2. The number of hydrogen-bond acceptors (Lipinski definition) is 4. The Morgan fingerprint density at radius 1 is 1.25 bits per heavy atom. The number of methoxy groups -OCH3 is 1. The standard InChI is InChI=1S/C17H15N3O4/c1-24-14-8-3-2-5-11(14)9-20-10-18-12-6-4-7-13(19-17(22)23)15(12)16(20)21/h2-8,10,19H,9H2,1H3,(H,22,23). The van der Waals surface area contributed by atoms with Gasteiger partial charge in [0.05, 0.1) is 36.6 Å². The lowest BCUT2D eigenvalue weighted by molar-refractivity contribution is 0.210. The van der Waals surface area contributed by atoms with E-state index in [0.29, 0.717) is 11.3 Å². The summed E-state index contributed by atoms with van der Waals surface area (Å²) in [5.41, 5.74) is 1.15. The number of para-hydroxylation sites is 1. The number of fused-ring (bicyclic) bond motifs is 1. The molecule has 0 atom stereocenters. The number of carboxylic acid groups (broad SMARTS) is 1. The van der Waals surface area contributed by atoms with Crippen molar-refractivity contribution in [1.29, 1.82) is 0 Å². The fourth-order valence-electron chi connectivity index (χ4n) is 2.55. The number of ether oxygens (including phenoxy) is 1. The molecule has 1 heterocycles. The SMILES string of the molecule is COc1ccccc1Cn1cnc2cccc(NC(=O)O)c2c1=O. The highest BCUT2D eigenvalue weighted by molar-refractivity contribution is 5.97. The Labute approximate surface area is 137 Å². The molecule has 24 heavy (non-hydrogen) atoms. The quantitative estimate of drug-likeness (QED) is 0.769. The minimum atomic E-state index is -1.23. The summed E-state index contributed by atoms with van der Waals surface area (Å²) < 4.78 is 6.72. The van der Waals surface area contributed by atoms with Crippen LogP contribution in [0.4, 0.5) is 10.5 Å². The minimum absolute atomic E-state index is 0.215. The van der Waals surface area contributed by atoms with E-state index in [1.807, 2.05) is 24.3 Å². The molecule has 1 amide bonds. The molecular formula is C17H15N3O4. The van der Waals surface area contributed by atoms with Gasteiger partial charge in [0.25, 0.3) is 5.56 Å². The Bertz CT molecular complexity index is 965. The molecule has 0 aliphatic carbocycles. The normalized spacial score (nSPS) is 10.5. The van der Waals surface area contributed by atoms with Crippen LogP contribution in [-0.2, 0) is 6.54 Å². The first kappa shape index (κ1) is 15.5. The molecule has 122 valence electrons. The van der Waals surface area contributed by atoms with Gasteiger partial charge in [-0.05, 0) is 18.2 Å². The van der Waals surface area contributed by atoms with E-state index < -0.39 is 6.09 Å². The van der Waals surface area contributed by atoms with Crippen LogP contribution in [0, 0.1) is 0 Å². The van der Waals surface area contributed by atoms with E-state index in [1.165, 1.54) is 17.0 Å². The molecule has 0 spiro atoms. The summed E-state index contributed by atoms with van der Waals surface area (Å²) in [5.74, 6) is 0.668. The average molecular weight is 325 g/mol. The number of benzene rings is 2. The summed E-state index contributed by atoms with van der Waals surface area (Å²) >= 11 is 0. The zero-order chi connectivity index (χ0) is 17.1. The Hall–Kier alpha value is -3.35. The zero-order valence-electron chi connectivity index (χ0n) is 12.9. The number of carbonyl (C=O) groups is 1. The van der Waals surface area contributed by atoms with Crippen LogP contribution in [0.15, 0.2) is 53.6 Å². The summed E-state index contributed by atoms with van der Waals surface area (Å²) in [5, 5.41) is 11.4. The number of nitrogens with zero attached hydrogens (tertiary/aromatic N) is 2. The van der Waals surface area contributed by atoms with Crippen molar-refractivity contribution in [2.24, 2.45) is 0 Å². The van der Waals surface area contributed by atoms with Gasteiger partial charge in [0.15, 0.2) is 0 Å². The Morgan fingerprint density at radius 2 is 2.04 bits per heavy atom. The maximum atomic E-state index is 12.8. The molecule has 0 aliphatic heterocycles. The maximum Gasteiger partial charge on any atom is 0.409 e. The van der Waals surface area contributed by atoms with Crippen molar-refractivity contribution in [1.82, 2.24) is 9.55 Å². The zero-order valence-corrected chi connectivity index (χ0v) is 12.9. The van der Waals surface area contributed by atoms with Crippen molar-refractivity contribution in [3.05, 3.63) is 64.7 Å². The average Bonchev–Trinajstić information content (AvgIpc) is 2.57. The highest BCUT2D eigenvalue weighted by Crippen LogP contribution is 2.20. The van der Waals surface area contributed by atoms with Crippen LogP contribution in [0.5, 0.6) is 5.75 Å². The smallest absolute Gasteiger partial charge is 0.409 e. The molecule has 0 unspecified atom stereocenters. The molecule has 2 aromatic carbocycles. The van der Waals surface area contributed by atoms with Gasteiger partial charge >= 0.3 is 6.09 Å². The summed E-state index contributed by atoms with van der Waals surface area (Å²) in [7, 11) is 1.56. The van der Waals surface area contributed by atoms with Gasteiger partial charge in [-0.15, -0.1) is 0 Å². The molecule has 1 aromatic heterocycles. The second-order valence-corrected chi connectivity index (χ2v) is 5.12. The highest BCUT2D eigenvalue weighted by atomic mass is 16.5. The van der Waals surface area contributed by atoms with Gasteiger partial charge in [-0.25, -0.2) is 9.78 Å². The highest BCUT2D eigenvalue weighted by Gasteiger charge is 2.12. The third-order valence-corrected chi connectivity index (χ3v) is 3.63. The predicted octanol–water partition coefficient (Wildman–Crippen LogP) is 2.54. The second kappa shape index (κ2) is 6.41. The minimum Gasteiger partial charge on any atom is -0.496 e. The molecule has 3 aromatic rings. The molecule has 2 N–H and O–H groups in total. The maximum absolute atomic E-state index is 12.8. The van der Waals surface area contributed by atoms with Crippen molar-refractivity contribution in [3.8, 4) is 5.75 Å². The molecule has 0 fully saturated rings. The van der Waals surface area contributed by atoms with Gasteiger partial charge in [-0.2, -0.15) is 0 Å². The Balaban J connectivity index is 2.11. The number of aromatic nitrogens is 2. The van der Waals surface area contributed by atoms with Gasteiger partial charge in [0.1, 0.15) is 5.75 Å². The molecule has 0 aliphatic rings. The number of amides is 1. The molecule has 0 bridgehead atoms. The lowest BCUT2D eigenvalue weighted by Gasteiger charge is -2.11. The van der Waals surface area contributed by atoms with Gasteiger partial charge < -0.3 is 9.84 Å². The summed E-state index contributed by atoms with van der Waals surface area (Å²) in [4.78, 5) is 28.0. The first-order chi connectivity index (χ1) is 11.6. The van der Waals surface area contributed by atoms with E-state index in [4.69, 9.17) is 9.84 Å². The van der Waals surface area contributed by atoms with Crippen molar-refractivity contribution in [2.45, 2.75) is 6.54 Å². The van der Waals surface area contributed by atoms with Crippen molar-refractivity contribution in [3.63, 3.8) is 0 Å². The summed E-state index contributed by atoms with van der Waals surface area (Å²) in [6, 6.07) is 12.2. The van der Waals surface area contributed by atoms with Crippen LogP contribution in [0.25, 0.3) is 10.9 Å². The topological polar surface area (TPSA) is 93.4 Å². The molecule has 0 saturated carbocycles. The molecular weight excluding hydrogens is 310 g/mol. The predicted molar refractivity (Wildman–Crippen MR) is 89.7 cm³/mol. The second-order valence-electron chi connectivity index (χ2n) is 5.12. The third kappa shape index (κ3) is 2.91. The molecule has 3 rings (SSSR count). The third-order valence-electron chi connectivity index (χ3n) is 3.63. The number of rotatable bonds is 4. The van der Waals surface area contributed by atoms with Gasteiger partial charge in [0.2, 0.25) is 0 Å². The summed E-state index contributed by atoms with van der Waals surface area (Å²) in [6.07, 6.45) is 0.212. The molecule has 0 saturated heterocycles. The lowest BCUT2D eigenvalue weighted by Crippen LogP contribution is -2.23. The Morgan fingerprint density at radius 3 is 2.79 bits per heavy atom. The summed E-state index contributed by atoms with van der Waals surface area (Å²) in [6.45, 7) is 0.271. The van der Waals surface area contributed by atoms with Gasteiger partial charge in [-0.1, -0.05) is 24.3 Å².